The van der Waals surface area contributed by atoms with Crippen molar-refractivity contribution in [3.05, 3.63) is 65.7 Å². The first-order valence-corrected chi connectivity index (χ1v) is 11.6. The molecule has 1 N–H and O–H groups in total. The zero-order chi connectivity index (χ0) is 22.6. The highest BCUT2D eigenvalue weighted by molar-refractivity contribution is 5.89. The Labute approximate surface area is 191 Å². The van der Waals surface area contributed by atoms with E-state index < -0.39 is 5.41 Å². The topological polar surface area (TPSA) is 55.9 Å². The Morgan fingerprint density at radius 3 is 2.16 bits per heavy atom. The second kappa shape index (κ2) is 9.74. The third-order valence-electron chi connectivity index (χ3n) is 7.10. The number of piperazine rings is 1. The number of likely N-dealkylation sites (N-methyl/N-ethyl adjacent to an activating group) is 1. The monoisotopic (exact) mass is 434 g/mol. The van der Waals surface area contributed by atoms with Crippen molar-refractivity contribution in [2.45, 2.75) is 31.7 Å². The summed E-state index contributed by atoms with van der Waals surface area (Å²) in [5.41, 5.74) is 2.79. The van der Waals surface area contributed by atoms with E-state index in [4.69, 9.17) is 0 Å². The standard InChI is InChI=1S/C26H34N4O2/c1-21(31)29-14-12-26(13-15-29,23-9-4-3-5-10-23)25(32)27-20-22-8-6-7-11-24(22)30-18-16-28(2)17-19-30/h3-11H,12-20H2,1-2H3,(H,27,32). The van der Waals surface area contributed by atoms with E-state index >= 15 is 0 Å². The van der Waals surface area contributed by atoms with Crippen molar-refractivity contribution >= 4 is 17.5 Å². The Kier molecular flexibility index (Phi) is 6.80. The molecule has 2 aliphatic rings. The fourth-order valence-electron chi connectivity index (χ4n) is 4.97. The number of hydrogen-bond donors (Lipinski definition) is 1. The smallest absolute Gasteiger partial charge is 0.231 e. The van der Waals surface area contributed by atoms with Gasteiger partial charge in [-0.2, -0.15) is 0 Å². The molecule has 32 heavy (non-hydrogen) atoms. The fourth-order valence-corrected chi connectivity index (χ4v) is 4.97. The lowest BCUT2D eigenvalue weighted by Gasteiger charge is -2.41. The molecule has 0 spiro atoms. The van der Waals surface area contributed by atoms with Gasteiger partial charge in [-0.05, 0) is 37.1 Å². The lowest BCUT2D eigenvalue weighted by atomic mass is 9.72. The van der Waals surface area contributed by atoms with Gasteiger partial charge in [-0.25, -0.2) is 0 Å². The second-order valence-corrected chi connectivity index (χ2v) is 9.06. The van der Waals surface area contributed by atoms with Crippen LogP contribution in [0.25, 0.3) is 0 Å². The SMILES string of the molecule is CC(=O)N1CCC(C(=O)NCc2ccccc2N2CCN(C)CC2)(c2ccccc2)CC1. The van der Waals surface area contributed by atoms with Gasteiger partial charge < -0.3 is 20.0 Å². The summed E-state index contributed by atoms with van der Waals surface area (Å²) in [7, 11) is 2.16. The van der Waals surface area contributed by atoms with Crippen LogP contribution in [0.3, 0.4) is 0 Å². The molecule has 0 saturated carbocycles. The molecule has 0 unspecified atom stereocenters. The summed E-state index contributed by atoms with van der Waals surface area (Å²) in [5.74, 6) is 0.133. The van der Waals surface area contributed by atoms with E-state index in [1.165, 1.54) is 5.69 Å². The Morgan fingerprint density at radius 1 is 0.875 bits per heavy atom. The second-order valence-electron chi connectivity index (χ2n) is 9.06. The van der Waals surface area contributed by atoms with Crippen LogP contribution < -0.4 is 10.2 Å². The molecule has 0 aromatic heterocycles. The Bertz CT molecular complexity index is 930. The molecule has 2 aromatic rings. The molecule has 2 heterocycles. The number of nitrogens with one attached hydrogen (secondary N) is 1. The lowest BCUT2D eigenvalue weighted by Crippen LogP contribution is -2.52. The summed E-state index contributed by atoms with van der Waals surface area (Å²) in [6, 6.07) is 18.4. The van der Waals surface area contributed by atoms with E-state index in [1.54, 1.807) is 6.92 Å². The van der Waals surface area contributed by atoms with Gasteiger partial charge in [-0.15, -0.1) is 0 Å². The van der Waals surface area contributed by atoms with Crippen LogP contribution in [0.5, 0.6) is 0 Å². The van der Waals surface area contributed by atoms with E-state index in [1.807, 2.05) is 41.3 Å². The summed E-state index contributed by atoms with van der Waals surface area (Å²) in [4.78, 5) is 32.1. The van der Waals surface area contributed by atoms with Crippen molar-refractivity contribution in [3.63, 3.8) is 0 Å². The van der Waals surface area contributed by atoms with Crippen LogP contribution in [0.2, 0.25) is 0 Å². The number of likely N-dealkylation sites (tertiary alicyclic amines) is 1. The molecule has 0 bridgehead atoms. The van der Waals surface area contributed by atoms with Crippen molar-refractivity contribution in [1.29, 1.82) is 0 Å². The number of amides is 2. The minimum absolute atomic E-state index is 0.0556. The zero-order valence-electron chi connectivity index (χ0n) is 19.2. The zero-order valence-corrected chi connectivity index (χ0v) is 19.2. The van der Waals surface area contributed by atoms with Gasteiger partial charge >= 0.3 is 0 Å². The number of anilines is 1. The van der Waals surface area contributed by atoms with Gasteiger partial charge in [0.25, 0.3) is 0 Å². The predicted octanol–water partition coefficient (Wildman–Crippen LogP) is 2.63. The van der Waals surface area contributed by atoms with Gasteiger partial charge in [-0.3, -0.25) is 9.59 Å². The van der Waals surface area contributed by atoms with Crippen LogP contribution in [0.15, 0.2) is 54.6 Å². The molecule has 170 valence electrons. The number of rotatable bonds is 5. The first-order valence-electron chi connectivity index (χ1n) is 11.6. The predicted molar refractivity (Wildman–Crippen MR) is 128 cm³/mol. The van der Waals surface area contributed by atoms with Gasteiger partial charge in [0.05, 0.1) is 5.41 Å². The summed E-state index contributed by atoms with van der Waals surface area (Å²) in [6.45, 7) is 7.41. The van der Waals surface area contributed by atoms with Gasteiger partial charge in [-0.1, -0.05) is 48.5 Å². The normalized spacial score (nSPS) is 18.9. The number of para-hydroxylation sites is 1. The highest BCUT2D eigenvalue weighted by Crippen LogP contribution is 2.36. The van der Waals surface area contributed by atoms with E-state index in [2.05, 4.69) is 40.4 Å². The van der Waals surface area contributed by atoms with E-state index in [0.717, 1.165) is 37.3 Å². The first kappa shape index (κ1) is 22.3. The van der Waals surface area contributed by atoms with Crippen molar-refractivity contribution < 1.29 is 9.59 Å². The minimum atomic E-state index is -0.601. The largest absolute Gasteiger partial charge is 0.369 e. The Balaban J connectivity index is 1.51. The maximum atomic E-state index is 13.7. The maximum Gasteiger partial charge on any atom is 0.231 e. The summed E-state index contributed by atoms with van der Waals surface area (Å²) in [5, 5.41) is 3.26. The van der Waals surface area contributed by atoms with Crippen LogP contribution in [-0.2, 0) is 21.5 Å². The molecule has 2 amide bonds. The van der Waals surface area contributed by atoms with Gasteiger partial charge in [0.15, 0.2) is 0 Å². The highest BCUT2D eigenvalue weighted by Gasteiger charge is 2.43. The number of carbonyl (C=O) groups is 2. The highest BCUT2D eigenvalue weighted by atomic mass is 16.2. The molecule has 6 heteroatoms. The number of carbonyl (C=O) groups excluding carboxylic acids is 2. The molecule has 0 aliphatic carbocycles. The van der Waals surface area contributed by atoms with Crippen molar-refractivity contribution in [3.8, 4) is 0 Å². The molecule has 0 radical (unpaired) electrons. The lowest BCUT2D eigenvalue weighted by molar-refractivity contribution is -0.135. The molecule has 2 saturated heterocycles. The van der Waals surface area contributed by atoms with Crippen LogP contribution >= 0.6 is 0 Å². The van der Waals surface area contributed by atoms with Crippen LogP contribution in [0, 0.1) is 0 Å². The average Bonchev–Trinajstić information content (AvgIpc) is 2.84. The fraction of sp³-hybridized carbons (Fsp3) is 0.462. The molecule has 2 aliphatic heterocycles. The van der Waals surface area contributed by atoms with E-state index in [9.17, 15) is 9.59 Å². The minimum Gasteiger partial charge on any atom is -0.369 e. The van der Waals surface area contributed by atoms with Crippen molar-refractivity contribution in [2.75, 3.05) is 51.2 Å². The van der Waals surface area contributed by atoms with Crippen LogP contribution in [0.4, 0.5) is 5.69 Å². The third-order valence-corrected chi connectivity index (χ3v) is 7.10. The number of nitrogens with zero attached hydrogens (tertiary/aromatic N) is 3. The maximum absolute atomic E-state index is 13.7. The number of piperidine rings is 1. The average molecular weight is 435 g/mol. The molecule has 0 atom stereocenters. The molecule has 6 nitrogen and oxygen atoms in total. The van der Waals surface area contributed by atoms with Crippen molar-refractivity contribution in [1.82, 2.24) is 15.1 Å². The molecule has 2 fully saturated rings. The number of benzene rings is 2. The van der Waals surface area contributed by atoms with Gasteiger partial charge in [0.2, 0.25) is 11.8 Å². The molecule has 2 aromatic carbocycles. The first-order chi connectivity index (χ1) is 15.5. The van der Waals surface area contributed by atoms with Crippen LogP contribution in [-0.4, -0.2) is 67.9 Å². The van der Waals surface area contributed by atoms with Crippen molar-refractivity contribution in [2.24, 2.45) is 0 Å². The Morgan fingerprint density at radius 2 is 1.50 bits per heavy atom. The summed E-state index contributed by atoms with van der Waals surface area (Å²) in [6.07, 6.45) is 1.28. The summed E-state index contributed by atoms with van der Waals surface area (Å²) >= 11 is 0. The summed E-state index contributed by atoms with van der Waals surface area (Å²) < 4.78 is 0. The third kappa shape index (κ3) is 4.65. The Hall–Kier alpha value is -2.86. The molecule has 4 rings (SSSR count). The quantitative estimate of drug-likeness (QED) is 0.786. The van der Waals surface area contributed by atoms with Crippen LogP contribution in [0.1, 0.15) is 30.9 Å². The van der Waals surface area contributed by atoms with E-state index in [0.29, 0.717) is 32.5 Å². The number of hydrogen-bond acceptors (Lipinski definition) is 4. The van der Waals surface area contributed by atoms with E-state index in [-0.39, 0.29) is 11.8 Å². The van der Waals surface area contributed by atoms with Gasteiger partial charge in [0, 0.05) is 58.4 Å². The molecular formula is C26H34N4O2. The van der Waals surface area contributed by atoms with Gasteiger partial charge in [0.1, 0.15) is 0 Å². The molecular weight excluding hydrogens is 400 g/mol.